The van der Waals surface area contributed by atoms with E-state index in [1.165, 1.54) is 24.3 Å². The lowest BCUT2D eigenvalue weighted by molar-refractivity contribution is -0.179. The summed E-state index contributed by atoms with van der Waals surface area (Å²) < 4.78 is 53.7. The number of alkyl halides is 3. The molecule has 0 aliphatic rings. The summed E-state index contributed by atoms with van der Waals surface area (Å²) in [5, 5.41) is 4.97. The fraction of sp³-hybridized carbons (Fsp3) is 0.263. The minimum atomic E-state index is -4.40. The molecule has 0 radical (unpaired) electrons. The molecular weight excluding hydrogens is 410 g/mol. The van der Waals surface area contributed by atoms with E-state index in [-0.39, 0.29) is 12.1 Å². The van der Waals surface area contributed by atoms with Crippen molar-refractivity contribution >= 4 is 29.4 Å². The zero-order valence-electron chi connectivity index (χ0n) is 15.6. The largest absolute Gasteiger partial charge is 0.406 e. The third-order valence-electron chi connectivity index (χ3n) is 3.79. The highest BCUT2D eigenvalue weighted by Gasteiger charge is 2.47. The van der Waals surface area contributed by atoms with Crippen LogP contribution in [0.2, 0.25) is 0 Å². The van der Waals surface area contributed by atoms with Gasteiger partial charge in [-0.15, -0.1) is 0 Å². The minimum absolute atomic E-state index is 0.217. The van der Waals surface area contributed by atoms with Crippen molar-refractivity contribution in [2.75, 3.05) is 11.9 Å². The molecule has 0 aliphatic heterocycles. The summed E-state index contributed by atoms with van der Waals surface area (Å²) in [6.07, 6.45) is -4.40. The van der Waals surface area contributed by atoms with Crippen molar-refractivity contribution in [1.82, 2.24) is 10.0 Å². The first-order valence-electron chi connectivity index (χ1n) is 8.42. The monoisotopic (exact) mass is 429 g/mol. The Bertz CT molecular complexity index is 853. The van der Waals surface area contributed by atoms with E-state index in [4.69, 9.17) is 0 Å². The van der Waals surface area contributed by atoms with E-state index < -0.39 is 29.3 Å². The SMILES string of the molecule is CC(C)(NSc1ccc(NC(=O)CNC(=O)c2ccc(F)cc2)cc1)C(F)(F)F. The molecule has 0 spiro atoms. The van der Waals surface area contributed by atoms with Gasteiger partial charge in [0.2, 0.25) is 5.91 Å². The molecule has 2 aromatic rings. The van der Waals surface area contributed by atoms with Gasteiger partial charge in [0, 0.05) is 16.1 Å². The molecule has 0 bridgehead atoms. The number of carbonyl (C=O) groups is 2. The van der Waals surface area contributed by atoms with Gasteiger partial charge in [0.25, 0.3) is 5.91 Å². The molecule has 0 fully saturated rings. The molecule has 2 amide bonds. The van der Waals surface area contributed by atoms with Crippen molar-refractivity contribution in [3.05, 3.63) is 59.9 Å². The number of halogens is 4. The maximum atomic E-state index is 12.8. The molecular formula is C19H19F4N3O2S. The van der Waals surface area contributed by atoms with Crippen molar-refractivity contribution in [3.63, 3.8) is 0 Å². The van der Waals surface area contributed by atoms with Crippen LogP contribution in [0.1, 0.15) is 24.2 Å². The number of hydrogen-bond donors (Lipinski definition) is 3. The Morgan fingerprint density at radius 3 is 2.10 bits per heavy atom. The lowest BCUT2D eigenvalue weighted by atomic mass is 10.1. The number of hydrogen-bond acceptors (Lipinski definition) is 4. The van der Waals surface area contributed by atoms with Gasteiger partial charge in [0.05, 0.1) is 6.54 Å². The van der Waals surface area contributed by atoms with E-state index in [0.29, 0.717) is 10.6 Å². The predicted molar refractivity (Wildman–Crippen MR) is 103 cm³/mol. The normalized spacial score (nSPS) is 11.8. The summed E-state index contributed by atoms with van der Waals surface area (Å²) in [5.74, 6) is -1.49. The second kappa shape index (κ2) is 9.27. The minimum Gasteiger partial charge on any atom is -0.343 e. The summed E-state index contributed by atoms with van der Waals surface area (Å²) >= 11 is 0.828. The molecule has 2 rings (SSSR count). The Morgan fingerprint density at radius 2 is 1.55 bits per heavy atom. The quantitative estimate of drug-likeness (QED) is 0.457. The van der Waals surface area contributed by atoms with E-state index in [1.807, 2.05) is 0 Å². The zero-order valence-corrected chi connectivity index (χ0v) is 16.4. The van der Waals surface area contributed by atoms with Gasteiger partial charge in [-0.05, 0) is 74.3 Å². The van der Waals surface area contributed by atoms with Crippen molar-refractivity contribution in [2.24, 2.45) is 0 Å². The van der Waals surface area contributed by atoms with E-state index in [9.17, 15) is 27.2 Å². The van der Waals surface area contributed by atoms with Crippen LogP contribution in [0.4, 0.5) is 23.2 Å². The van der Waals surface area contributed by atoms with Crippen LogP contribution in [0.5, 0.6) is 0 Å². The molecule has 3 N–H and O–H groups in total. The second-order valence-corrected chi connectivity index (χ2v) is 7.47. The first-order chi connectivity index (χ1) is 13.5. The molecule has 0 aromatic heterocycles. The summed E-state index contributed by atoms with van der Waals surface area (Å²) in [7, 11) is 0. The van der Waals surface area contributed by atoms with Gasteiger partial charge >= 0.3 is 6.18 Å². The van der Waals surface area contributed by atoms with Crippen LogP contribution >= 0.6 is 11.9 Å². The summed E-state index contributed by atoms with van der Waals surface area (Å²) in [5.41, 5.74) is -1.42. The van der Waals surface area contributed by atoms with Crippen molar-refractivity contribution in [3.8, 4) is 0 Å². The van der Waals surface area contributed by atoms with Crippen LogP contribution < -0.4 is 15.4 Å². The standard InChI is InChI=1S/C19H19F4N3O2S/c1-18(2,19(21,22)23)26-29-15-9-7-14(8-10-15)25-16(27)11-24-17(28)12-3-5-13(20)6-4-12/h3-10,26H,11H2,1-2H3,(H,24,28)(H,25,27). The van der Waals surface area contributed by atoms with Gasteiger partial charge in [-0.3, -0.25) is 9.59 Å². The van der Waals surface area contributed by atoms with Gasteiger partial charge in [0.15, 0.2) is 0 Å². The third-order valence-corrected chi connectivity index (χ3v) is 4.91. The molecule has 156 valence electrons. The van der Waals surface area contributed by atoms with Crippen molar-refractivity contribution in [2.45, 2.75) is 30.5 Å². The molecule has 0 aliphatic carbocycles. The molecule has 0 unspecified atom stereocenters. The van der Waals surface area contributed by atoms with E-state index >= 15 is 0 Å². The number of nitrogens with one attached hydrogen (secondary N) is 3. The summed E-state index contributed by atoms with van der Waals surface area (Å²) in [6, 6.07) is 11.0. The number of anilines is 1. The lowest BCUT2D eigenvalue weighted by Crippen LogP contribution is -2.48. The van der Waals surface area contributed by atoms with Gasteiger partial charge in [-0.25, -0.2) is 9.11 Å². The molecule has 5 nitrogen and oxygen atoms in total. The molecule has 0 saturated heterocycles. The van der Waals surface area contributed by atoms with E-state index in [0.717, 1.165) is 37.9 Å². The third kappa shape index (κ3) is 6.75. The first kappa shape index (κ1) is 22.7. The predicted octanol–water partition coefficient (Wildman–Crippen LogP) is 4.13. The molecule has 10 heteroatoms. The first-order valence-corrected chi connectivity index (χ1v) is 9.24. The topological polar surface area (TPSA) is 70.2 Å². The number of carbonyl (C=O) groups excluding carboxylic acids is 2. The van der Waals surface area contributed by atoms with Crippen LogP contribution in [-0.2, 0) is 4.79 Å². The number of amides is 2. The Hall–Kier alpha value is -2.59. The van der Waals surface area contributed by atoms with Crippen LogP contribution in [0.15, 0.2) is 53.4 Å². The number of benzene rings is 2. The number of rotatable bonds is 7. The Morgan fingerprint density at radius 1 is 0.966 bits per heavy atom. The fourth-order valence-electron chi connectivity index (χ4n) is 1.92. The van der Waals surface area contributed by atoms with Crippen molar-refractivity contribution in [1.29, 1.82) is 0 Å². The highest BCUT2D eigenvalue weighted by molar-refractivity contribution is 7.97. The Balaban J connectivity index is 1.82. The van der Waals surface area contributed by atoms with Gasteiger partial charge in [0.1, 0.15) is 11.4 Å². The summed E-state index contributed by atoms with van der Waals surface area (Å²) in [4.78, 5) is 24.3. The Kier molecular flexibility index (Phi) is 7.26. The average Bonchev–Trinajstić information content (AvgIpc) is 2.65. The molecule has 0 saturated carbocycles. The average molecular weight is 429 g/mol. The molecule has 0 heterocycles. The van der Waals surface area contributed by atoms with Crippen LogP contribution in [-0.4, -0.2) is 30.1 Å². The molecule has 0 atom stereocenters. The maximum absolute atomic E-state index is 12.8. The van der Waals surface area contributed by atoms with Crippen LogP contribution in [0.3, 0.4) is 0 Å². The highest BCUT2D eigenvalue weighted by Crippen LogP contribution is 2.32. The van der Waals surface area contributed by atoms with Gasteiger partial charge in [-0.1, -0.05) is 0 Å². The maximum Gasteiger partial charge on any atom is 0.406 e. The van der Waals surface area contributed by atoms with E-state index in [1.54, 1.807) is 12.1 Å². The van der Waals surface area contributed by atoms with Crippen LogP contribution in [0, 0.1) is 5.82 Å². The van der Waals surface area contributed by atoms with Gasteiger partial charge in [-0.2, -0.15) is 13.2 Å². The highest BCUT2D eigenvalue weighted by atomic mass is 32.2. The Labute approximate surface area is 169 Å². The van der Waals surface area contributed by atoms with E-state index in [2.05, 4.69) is 15.4 Å². The summed E-state index contributed by atoms with van der Waals surface area (Å²) in [6.45, 7) is 1.78. The zero-order chi connectivity index (χ0) is 21.7. The van der Waals surface area contributed by atoms with Crippen LogP contribution in [0.25, 0.3) is 0 Å². The molecule has 2 aromatic carbocycles. The van der Waals surface area contributed by atoms with Crippen molar-refractivity contribution < 1.29 is 27.2 Å². The lowest BCUT2D eigenvalue weighted by Gasteiger charge is -2.28. The fourth-order valence-corrected chi connectivity index (χ4v) is 2.68. The van der Waals surface area contributed by atoms with Gasteiger partial charge < -0.3 is 10.6 Å². The molecule has 29 heavy (non-hydrogen) atoms. The smallest absolute Gasteiger partial charge is 0.343 e. The second-order valence-electron chi connectivity index (χ2n) is 6.59.